The van der Waals surface area contributed by atoms with Gasteiger partial charge in [0.25, 0.3) is 0 Å². The summed E-state index contributed by atoms with van der Waals surface area (Å²) < 4.78 is 29.2. The van der Waals surface area contributed by atoms with E-state index in [1.54, 1.807) is 11.0 Å². The third-order valence-electron chi connectivity index (χ3n) is 7.46. The van der Waals surface area contributed by atoms with Gasteiger partial charge in [-0.25, -0.2) is 4.31 Å². The molecule has 0 saturated heterocycles. The zero-order chi connectivity index (χ0) is 28.7. The number of aryl methyl sites for hydroxylation is 3. The normalized spacial score (nSPS) is 15.2. The van der Waals surface area contributed by atoms with Crippen molar-refractivity contribution in [2.75, 3.05) is 24.9 Å². The number of hydrogen-bond acceptors (Lipinski definition) is 4. The van der Waals surface area contributed by atoms with E-state index in [1.165, 1.54) is 20.5 Å². The topological polar surface area (TPSA) is 90.0 Å². The Labute approximate surface area is 234 Å². The predicted octanol–water partition coefficient (Wildman–Crippen LogP) is 4.48. The fourth-order valence-electron chi connectivity index (χ4n) is 5.04. The number of nitrogens with one attached hydrogen (secondary N) is 1. The first kappa shape index (κ1) is 30.6. The highest BCUT2D eigenvalue weighted by molar-refractivity contribution is 7.90. The summed E-state index contributed by atoms with van der Waals surface area (Å²) in [7, 11) is -1.09. The lowest BCUT2D eigenvalue weighted by Gasteiger charge is -2.35. The summed E-state index contributed by atoms with van der Waals surface area (Å²) >= 11 is 0. The van der Waals surface area contributed by atoms with Gasteiger partial charge in [0.2, 0.25) is 11.8 Å². The lowest BCUT2D eigenvalue weighted by atomic mass is 9.95. The first-order valence-corrected chi connectivity index (χ1v) is 15.3. The van der Waals surface area contributed by atoms with Crippen LogP contribution in [0, 0.1) is 20.8 Å². The second kappa shape index (κ2) is 13.4. The summed E-state index contributed by atoms with van der Waals surface area (Å²) in [5.74, 6) is -0.605. The van der Waals surface area contributed by atoms with E-state index >= 15 is 0 Å². The van der Waals surface area contributed by atoms with Gasteiger partial charge in [-0.05, 0) is 62.8 Å². The highest BCUT2D eigenvalue weighted by atomic mass is 32.2. The lowest BCUT2D eigenvalue weighted by molar-refractivity contribution is -0.140. The number of anilines is 1. The third kappa shape index (κ3) is 7.82. The molecule has 0 aliphatic heterocycles. The molecule has 8 nitrogen and oxygen atoms in total. The monoisotopic (exact) mass is 556 g/mol. The molecule has 3 rings (SSSR count). The minimum Gasteiger partial charge on any atom is -0.352 e. The summed E-state index contributed by atoms with van der Waals surface area (Å²) in [5, 5.41) is 3.18. The van der Waals surface area contributed by atoms with Crippen molar-refractivity contribution in [2.45, 2.75) is 84.8 Å². The van der Waals surface area contributed by atoms with E-state index in [-0.39, 0.29) is 18.5 Å². The van der Waals surface area contributed by atoms with Gasteiger partial charge in [-0.15, -0.1) is 0 Å². The molecule has 2 aromatic rings. The van der Waals surface area contributed by atoms with Crippen molar-refractivity contribution >= 4 is 27.7 Å². The van der Waals surface area contributed by atoms with Gasteiger partial charge in [0.05, 0.1) is 5.69 Å². The van der Waals surface area contributed by atoms with Crippen molar-refractivity contribution in [3.8, 4) is 0 Å². The van der Waals surface area contributed by atoms with Crippen LogP contribution in [-0.4, -0.2) is 62.2 Å². The van der Waals surface area contributed by atoms with Crippen molar-refractivity contribution in [3.63, 3.8) is 0 Å². The smallest absolute Gasteiger partial charge is 0.304 e. The van der Waals surface area contributed by atoms with Gasteiger partial charge in [-0.2, -0.15) is 12.7 Å². The molecule has 9 heteroatoms. The van der Waals surface area contributed by atoms with Gasteiger partial charge in [0.15, 0.2) is 0 Å². The van der Waals surface area contributed by atoms with E-state index in [0.717, 1.165) is 56.5 Å². The van der Waals surface area contributed by atoms with Gasteiger partial charge in [-0.3, -0.25) is 9.59 Å². The maximum absolute atomic E-state index is 14.1. The largest absolute Gasteiger partial charge is 0.352 e. The second-order valence-electron chi connectivity index (χ2n) is 10.9. The van der Waals surface area contributed by atoms with Crippen LogP contribution in [0.25, 0.3) is 0 Å². The minimum absolute atomic E-state index is 0.109. The van der Waals surface area contributed by atoms with E-state index in [4.69, 9.17) is 0 Å². The average molecular weight is 557 g/mol. The van der Waals surface area contributed by atoms with Crippen LogP contribution in [0.3, 0.4) is 0 Å². The Hall–Kier alpha value is -2.91. The van der Waals surface area contributed by atoms with Gasteiger partial charge in [0.1, 0.15) is 12.6 Å². The highest BCUT2D eigenvalue weighted by Gasteiger charge is 2.35. The van der Waals surface area contributed by atoms with Crippen LogP contribution < -0.4 is 9.62 Å². The first-order chi connectivity index (χ1) is 18.4. The first-order valence-electron chi connectivity index (χ1n) is 13.9. The number of rotatable bonds is 11. The molecule has 1 N–H and O–H groups in total. The van der Waals surface area contributed by atoms with Crippen molar-refractivity contribution in [2.24, 2.45) is 0 Å². The molecule has 1 fully saturated rings. The molecule has 0 unspecified atom stereocenters. The van der Waals surface area contributed by atoms with E-state index in [9.17, 15) is 18.0 Å². The molecule has 214 valence electrons. The molecular weight excluding hydrogens is 512 g/mol. The predicted molar refractivity (Wildman–Crippen MR) is 157 cm³/mol. The minimum atomic E-state index is -4.00. The molecule has 1 aliphatic rings. The molecule has 2 aromatic carbocycles. The molecule has 0 bridgehead atoms. The number of hydrogen-bond donors (Lipinski definition) is 1. The Balaban J connectivity index is 1.99. The second-order valence-corrected chi connectivity index (χ2v) is 12.9. The molecule has 1 atom stereocenters. The van der Waals surface area contributed by atoms with Crippen LogP contribution in [0.2, 0.25) is 0 Å². The number of carbonyl (C=O) groups is 2. The Morgan fingerprint density at radius 3 is 2.15 bits per heavy atom. The lowest BCUT2D eigenvalue weighted by Crippen LogP contribution is -2.54. The summed E-state index contributed by atoms with van der Waals surface area (Å²) in [6, 6.07) is 12.8. The average Bonchev–Trinajstić information content (AvgIpc) is 2.90. The fraction of sp³-hybridized carbons (Fsp3) is 0.533. The molecule has 39 heavy (non-hydrogen) atoms. The van der Waals surface area contributed by atoms with Gasteiger partial charge in [0, 0.05) is 26.7 Å². The molecule has 0 heterocycles. The van der Waals surface area contributed by atoms with Crippen molar-refractivity contribution < 1.29 is 18.0 Å². The summed E-state index contributed by atoms with van der Waals surface area (Å²) in [6.07, 6.45) is 5.64. The maximum atomic E-state index is 14.1. The van der Waals surface area contributed by atoms with Gasteiger partial charge < -0.3 is 10.2 Å². The SMILES string of the molecule is CC[C@@H](C(=O)NC1CCCCC1)N(Cc1ccc(C)cc1)C(=O)CN(c1cc(C)ccc1C)S(=O)(=O)N(C)C. The Morgan fingerprint density at radius 2 is 1.56 bits per heavy atom. The summed E-state index contributed by atoms with van der Waals surface area (Å²) in [4.78, 5) is 29.2. The molecule has 0 aromatic heterocycles. The molecule has 1 saturated carbocycles. The number of nitrogens with zero attached hydrogens (tertiary/aromatic N) is 3. The zero-order valence-corrected chi connectivity index (χ0v) is 25.1. The standard InChI is InChI=1S/C30H44N4O4S/c1-7-27(30(36)31-26-11-9-8-10-12-26)33(20-25-17-14-22(2)15-18-25)29(35)21-34(39(37,38)32(5)6)28-19-23(3)13-16-24(28)4/h13-19,26-27H,7-12,20-21H2,1-6H3,(H,31,36)/t27-/m0/s1. The highest BCUT2D eigenvalue weighted by Crippen LogP contribution is 2.26. The third-order valence-corrected chi connectivity index (χ3v) is 9.27. The van der Waals surface area contributed by atoms with Crippen molar-refractivity contribution in [1.29, 1.82) is 0 Å². The molecule has 0 radical (unpaired) electrons. The van der Waals surface area contributed by atoms with E-state index in [1.807, 2.05) is 64.1 Å². The van der Waals surface area contributed by atoms with Crippen LogP contribution in [0.1, 0.15) is 67.7 Å². The van der Waals surface area contributed by atoms with Crippen LogP contribution in [0.4, 0.5) is 5.69 Å². The summed E-state index contributed by atoms with van der Waals surface area (Å²) in [6.45, 7) is 7.39. The van der Waals surface area contributed by atoms with Crippen molar-refractivity contribution in [1.82, 2.24) is 14.5 Å². The van der Waals surface area contributed by atoms with E-state index < -0.39 is 28.7 Å². The number of amides is 2. The van der Waals surface area contributed by atoms with E-state index in [0.29, 0.717) is 12.1 Å². The maximum Gasteiger partial charge on any atom is 0.304 e. The van der Waals surface area contributed by atoms with Gasteiger partial charge in [-0.1, -0.05) is 68.1 Å². The molecule has 1 aliphatic carbocycles. The van der Waals surface area contributed by atoms with Crippen LogP contribution in [0.5, 0.6) is 0 Å². The molecular formula is C30H44N4O4S. The summed E-state index contributed by atoms with van der Waals surface area (Å²) in [5.41, 5.74) is 4.05. The Bertz CT molecular complexity index is 1240. The Morgan fingerprint density at radius 1 is 0.949 bits per heavy atom. The number of benzene rings is 2. The van der Waals surface area contributed by atoms with Crippen molar-refractivity contribution in [3.05, 3.63) is 64.7 Å². The number of carbonyl (C=O) groups excluding carboxylic acids is 2. The molecule has 2 amide bonds. The fourth-order valence-corrected chi connectivity index (χ4v) is 6.16. The van der Waals surface area contributed by atoms with Crippen LogP contribution in [0.15, 0.2) is 42.5 Å². The quantitative estimate of drug-likeness (QED) is 0.442. The molecule has 0 spiro atoms. The van der Waals surface area contributed by atoms with Crippen LogP contribution >= 0.6 is 0 Å². The zero-order valence-electron chi connectivity index (χ0n) is 24.2. The van der Waals surface area contributed by atoms with Gasteiger partial charge >= 0.3 is 10.2 Å². The van der Waals surface area contributed by atoms with E-state index in [2.05, 4.69) is 5.32 Å². The Kier molecular flexibility index (Phi) is 10.6. The van der Waals surface area contributed by atoms with Crippen LogP contribution in [-0.2, 0) is 26.3 Å².